The van der Waals surface area contributed by atoms with Crippen LogP contribution in [0.5, 0.6) is 0 Å². The van der Waals surface area contributed by atoms with Gasteiger partial charge in [0, 0.05) is 31.5 Å². The molecule has 7 heteroatoms. The molecule has 2 amide bonds. The van der Waals surface area contributed by atoms with Crippen molar-refractivity contribution in [3.8, 4) is 0 Å². The number of ether oxygens (including phenoxy) is 1. The van der Waals surface area contributed by atoms with Crippen LogP contribution in [0.2, 0.25) is 0 Å². The van der Waals surface area contributed by atoms with Crippen molar-refractivity contribution in [2.24, 2.45) is 0 Å². The van der Waals surface area contributed by atoms with Crippen molar-refractivity contribution < 1.29 is 9.53 Å². The summed E-state index contributed by atoms with van der Waals surface area (Å²) >= 11 is 0. The number of aromatic nitrogens is 2. The third-order valence-corrected chi connectivity index (χ3v) is 3.76. The van der Waals surface area contributed by atoms with Crippen LogP contribution in [0.3, 0.4) is 0 Å². The number of rotatable bonds is 4. The highest BCUT2D eigenvalue weighted by molar-refractivity contribution is 5.88. The summed E-state index contributed by atoms with van der Waals surface area (Å²) in [6, 6.07) is 9.56. The van der Waals surface area contributed by atoms with E-state index < -0.39 is 0 Å². The molecule has 3 rings (SSSR count). The second-order valence-electron chi connectivity index (χ2n) is 5.57. The number of amides is 2. The minimum Gasteiger partial charge on any atom is -0.378 e. The lowest BCUT2D eigenvalue weighted by molar-refractivity contribution is 0.122. The van der Waals surface area contributed by atoms with E-state index >= 15 is 0 Å². The monoisotopic (exact) mass is 327 g/mol. The van der Waals surface area contributed by atoms with Gasteiger partial charge >= 0.3 is 6.03 Å². The molecule has 2 aromatic rings. The fourth-order valence-corrected chi connectivity index (χ4v) is 2.55. The van der Waals surface area contributed by atoms with Gasteiger partial charge in [0.05, 0.1) is 13.2 Å². The van der Waals surface area contributed by atoms with Gasteiger partial charge in [-0.1, -0.05) is 12.1 Å². The molecule has 1 aliphatic heterocycles. The standard InChI is InChI=1S/C17H21N5O2/c1-13-18-6-5-16(20-13)21-17(23)19-12-14-3-2-4-15(11-14)22-7-9-24-10-8-22/h2-6,11H,7-10,12H2,1H3,(H2,18,19,20,21,23). The summed E-state index contributed by atoms with van der Waals surface area (Å²) in [4.78, 5) is 22.4. The number of hydrogen-bond donors (Lipinski definition) is 2. The maximum atomic E-state index is 12.0. The molecule has 2 heterocycles. The van der Waals surface area contributed by atoms with E-state index in [-0.39, 0.29) is 6.03 Å². The van der Waals surface area contributed by atoms with E-state index in [2.05, 4.69) is 37.6 Å². The van der Waals surface area contributed by atoms with Crippen molar-refractivity contribution >= 4 is 17.5 Å². The Kier molecular flexibility index (Phi) is 5.22. The normalized spacial score (nSPS) is 14.3. The smallest absolute Gasteiger partial charge is 0.320 e. The summed E-state index contributed by atoms with van der Waals surface area (Å²) in [5.41, 5.74) is 2.21. The molecule has 126 valence electrons. The van der Waals surface area contributed by atoms with Gasteiger partial charge in [-0.2, -0.15) is 0 Å². The summed E-state index contributed by atoms with van der Waals surface area (Å²) in [7, 11) is 0. The highest BCUT2D eigenvalue weighted by Gasteiger charge is 2.11. The number of carbonyl (C=O) groups excluding carboxylic acids is 1. The third-order valence-electron chi connectivity index (χ3n) is 3.76. The van der Waals surface area contributed by atoms with Crippen LogP contribution < -0.4 is 15.5 Å². The summed E-state index contributed by atoms with van der Waals surface area (Å²) in [5, 5.41) is 5.55. The van der Waals surface area contributed by atoms with Crippen LogP contribution >= 0.6 is 0 Å². The van der Waals surface area contributed by atoms with Crippen LogP contribution in [0.15, 0.2) is 36.5 Å². The topological polar surface area (TPSA) is 79.4 Å². The van der Waals surface area contributed by atoms with Crippen molar-refractivity contribution in [2.75, 3.05) is 36.5 Å². The average Bonchev–Trinajstić information content (AvgIpc) is 2.61. The predicted octanol–water partition coefficient (Wildman–Crippen LogP) is 1.94. The quantitative estimate of drug-likeness (QED) is 0.897. The zero-order chi connectivity index (χ0) is 16.8. The van der Waals surface area contributed by atoms with E-state index in [1.807, 2.05) is 12.1 Å². The molecular formula is C17H21N5O2. The molecule has 1 aromatic carbocycles. The molecule has 0 aliphatic carbocycles. The number of nitrogens with one attached hydrogen (secondary N) is 2. The van der Waals surface area contributed by atoms with Crippen LogP contribution in [-0.2, 0) is 11.3 Å². The van der Waals surface area contributed by atoms with Crippen molar-refractivity contribution in [1.29, 1.82) is 0 Å². The molecule has 7 nitrogen and oxygen atoms in total. The number of anilines is 2. The zero-order valence-electron chi connectivity index (χ0n) is 13.7. The first kappa shape index (κ1) is 16.2. The van der Waals surface area contributed by atoms with Gasteiger partial charge in [-0.25, -0.2) is 14.8 Å². The minimum atomic E-state index is -0.287. The van der Waals surface area contributed by atoms with E-state index in [4.69, 9.17) is 4.74 Å². The maximum absolute atomic E-state index is 12.0. The lowest BCUT2D eigenvalue weighted by atomic mass is 10.2. The van der Waals surface area contributed by atoms with Gasteiger partial charge in [0.25, 0.3) is 0 Å². The third kappa shape index (κ3) is 4.42. The van der Waals surface area contributed by atoms with E-state index in [1.165, 1.54) is 0 Å². The molecule has 24 heavy (non-hydrogen) atoms. The number of hydrogen-bond acceptors (Lipinski definition) is 5. The first-order valence-electron chi connectivity index (χ1n) is 7.97. The average molecular weight is 327 g/mol. The first-order chi connectivity index (χ1) is 11.7. The molecule has 1 aromatic heterocycles. The molecule has 0 saturated carbocycles. The van der Waals surface area contributed by atoms with Crippen LogP contribution in [0.25, 0.3) is 0 Å². The van der Waals surface area contributed by atoms with Gasteiger partial charge in [-0.15, -0.1) is 0 Å². The Morgan fingerprint density at radius 2 is 2.12 bits per heavy atom. The number of urea groups is 1. The van der Waals surface area contributed by atoms with E-state index in [0.717, 1.165) is 37.6 Å². The Labute approximate surface area is 141 Å². The zero-order valence-corrected chi connectivity index (χ0v) is 13.7. The predicted molar refractivity (Wildman–Crippen MR) is 92.1 cm³/mol. The van der Waals surface area contributed by atoms with Crippen LogP contribution in [0, 0.1) is 6.92 Å². The minimum absolute atomic E-state index is 0.287. The van der Waals surface area contributed by atoms with Gasteiger partial charge in [-0.3, -0.25) is 5.32 Å². The number of nitrogens with zero attached hydrogens (tertiary/aromatic N) is 3. The fraction of sp³-hybridized carbons (Fsp3) is 0.353. The molecule has 1 saturated heterocycles. The molecule has 0 radical (unpaired) electrons. The van der Waals surface area contributed by atoms with E-state index in [0.29, 0.717) is 18.2 Å². The van der Waals surface area contributed by atoms with E-state index in [1.54, 1.807) is 19.2 Å². The summed E-state index contributed by atoms with van der Waals surface area (Å²) in [6.45, 7) is 5.52. The summed E-state index contributed by atoms with van der Waals surface area (Å²) < 4.78 is 5.38. The van der Waals surface area contributed by atoms with Crippen molar-refractivity contribution in [3.05, 3.63) is 47.9 Å². The Balaban J connectivity index is 1.55. The molecule has 1 fully saturated rings. The Hall–Kier alpha value is -2.67. The van der Waals surface area contributed by atoms with Crippen LogP contribution in [0.1, 0.15) is 11.4 Å². The number of carbonyl (C=O) groups is 1. The Morgan fingerprint density at radius 3 is 2.92 bits per heavy atom. The van der Waals surface area contributed by atoms with Gasteiger partial charge < -0.3 is 15.0 Å². The molecule has 0 bridgehead atoms. The molecular weight excluding hydrogens is 306 g/mol. The van der Waals surface area contributed by atoms with Crippen molar-refractivity contribution in [2.45, 2.75) is 13.5 Å². The molecule has 0 spiro atoms. The Bertz CT molecular complexity index is 701. The Morgan fingerprint density at radius 1 is 1.29 bits per heavy atom. The fourth-order valence-electron chi connectivity index (χ4n) is 2.55. The van der Waals surface area contributed by atoms with Crippen LogP contribution in [0.4, 0.5) is 16.3 Å². The van der Waals surface area contributed by atoms with Crippen molar-refractivity contribution in [3.63, 3.8) is 0 Å². The van der Waals surface area contributed by atoms with Gasteiger partial charge in [-0.05, 0) is 30.7 Å². The molecule has 0 unspecified atom stereocenters. The van der Waals surface area contributed by atoms with Crippen molar-refractivity contribution in [1.82, 2.24) is 15.3 Å². The number of morpholine rings is 1. The molecule has 0 atom stereocenters. The van der Waals surface area contributed by atoms with Gasteiger partial charge in [0.15, 0.2) is 0 Å². The largest absolute Gasteiger partial charge is 0.378 e. The van der Waals surface area contributed by atoms with Crippen LogP contribution in [-0.4, -0.2) is 42.3 Å². The maximum Gasteiger partial charge on any atom is 0.320 e. The summed E-state index contributed by atoms with van der Waals surface area (Å²) in [5.74, 6) is 1.10. The lowest BCUT2D eigenvalue weighted by Gasteiger charge is -2.29. The lowest BCUT2D eigenvalue weighted by Crippen LogP contribution is -2.36. The van der Waals surface area contributed by atoms with Gasteiger partial charge in [0.2, 0.25) is 0 Å². The summed E-state index contributed by atoms with van der Waals surface area (Å²) in [6.07, 6.45) is 1.61. The first-order valence-corrected chi connectivity index (χ1v) is 7.97. The SMILES string of the molecule is Cc1nccc(NC(=O)NCc2cccc(N3CCOCC3)c2)n1. The highest BCUT2D eigenvalue weighted by Crippen LogP contribution is 2.17. The highest BCUT2D eigenvalue weighted by atomic mass is 16.5. The number of benzene rings is 1. The van der Waals surface area contributed by atoms with Gasteiger partial charge in [0.1, 0.15) is 11.6 Å². The second kappa shape index (κ2) is 7.74. The molecule has 2 N–H and O–H groups in total. The molecule has 1 aliphatic rings. The number of aryl methyl sites for hydroxylation is 1. The van der Waals surface area contributed by atoms with E-state index in [9.17, 15) is 4.79 Å². The second-order valence-corrected chi connectivity index (χ2v) is 5.57.